The highest BCUT2D eigenvalue weighted by molar-refractivity contribution is 6.31. The van der Waals surface area contributed by atoms with Gasteiger partial charge in [-0.1, -0.05) is 17.7 Å². The number of halogens is 1. The van der Waals surface area contributed by atoms with Crippen molar-refractivity contribution in [1.82, 2.24) is 34.4 Å². The van der Waals surface area contributed by atoms with Crippen LogP contribution in [0.3, 0.4) is 0 Å². The van der Waals surface area contributed by atoms with Crippen LogP contribution in [0.1, 0.15) is 35.9 Å². The molecular formula is C30H29ClN8O3. The summed E-state index contributed by atoms with van der Waals surface area (Å²) in [5.41, 5.74) is 3.90. The van der Waals surface area contributed by atoms with Crippen molar-refractivity contribution in [3.8, 4) is 16.8 Å². The molecule has 0 spiro atoms. The first-order valence-electron chi connectivity index (χ1n) is 13.3. The van der Waals surface area contributed by atoms with Crippen molar-refractivity contribution in [2.75, 3.05) is 5.32 Å². The van der Waals surface area contributed by atoms with E-state index in [2.05, 4.69) is 25.9 Å². The number of aryl methyl sites for hydroxylation is 1. The number of hydrogen-bond donors (Lipinski definition) is 2. The van der Waals surface area contributed by atoms with Gasteiger partial charge < -0.3 is 15.2 Å². The zero-order valence-electron chi connectivity index (χ0n) is 23.2. The SMILES string of the molecule is CC(C)n1cc(-c2ccc(Cl)c(CC(NC(=O)c3ccnn3C)C(=O)Nc3ccc(-n4cnnc4)cc3)c2)ccc1=O. The van der Waals surface area contributed by atoms with Gasteiger partial charge in [0, 0.05) is 54.4 Å². The summed E-state index contributed by atoms with van der Waals surface area (Å²) < 4.78 is 4.83. The van der Waals surface area contributed by atoms with Gasteiger partial charge in [0.15, 0.2) is 0 Å². The molecule has 2 N–H and O–H groups in total. The molecule has 5 aromatic rings. The highest BCUT2D eigenvalue weighted by Crippen LogP contribution is 2.27. The van der Waals surface area contributed by atoms with Gasteiger partial charge in [-0.05, 0) is 79.1 Å². The Labute approximate surface area is 246 Å². The van der Waals surface area contributed by atoms with Gasteiger partial charge in [0.05, 0.1) is 0 Å². The van der Waals surface area contributed by atoms with Crippen LogP contribution in [-0.4, -0.2) is 47.0 Å². The van der Waals surface area contributed by atoms with Crippen LogP contribution < -0.4 is 16.2 Å². The molecule has 2 aromatic carbocycles. The molecule has 12 heteroatoms. The molecular weight excluding hydrogens is 556 g/mol. The van der Waals surface area contributed by atoms with E-state index in [9.17, 15) is 14.4 Å². The van der Waals surface area contributed by atoms with E-state index >= 15 is 0 Å². The molecule has 11 nitrogen and oxygen atoms in total. The van der Waals surface area contributed by atoms with Crippen molar-refractivity contribution in [3.63, 3.8) is 0 Å². The van der Waals surface area contributed by atoms with Crippen LogP contribution in [-0.2, 0) is 18.3 Å². The average molecular weight is 585 g/mol. The van der Waals surface area contributed by atoms with E-state index < -0.39 is 17.9 Å². The molecule has 5 rings (SSSR count). The Kier molecular flexibility index (Phi) is 8.30. The number of amides is 2. The molecule has 0 bridgehead atoms. The summed E-state index contributed by atoms with van der Waals surface area (Å²) in [7, 11) is 1.65. The second-order valence-electron chi connectivity index (χ2n) is 10.0. The Hall–Kier alpha value is -5.03. The number of rotatable bonds is 9. The molecule has 0 radical (unpaired) electrons. The first-order valence-corrected chi connectivity index (χ1v) is 13.6. The van der Waals surface area contributed by atoms with Crippen LogP contribution in [0.25, 0.3) is 16.8 Å². The first-order chi connectivity index (χ1) is 20.2. The van der Waals surface area contributed by atoms with Gasteiger partial charge >= 0.3 is 0 Å². The van der Waals surface area contributed by atoms with Crippen LogP contribution >= 0.6 is 11.6 Å². The highest BCUT2D eigenvalue weighted by Gasteiger charge is 2.25. The van der Waals surface area contributed by atoms with Gasteiger partial charge in [-0.25, -0.2) is 0 Å². The number of anilines is 1. The lowest BCUT2D eigenvalue weighted by Gasteiger charge is -2.20. The van der Waals surface area contributed by atoms with E-state index in [4.69, 9.17) is 11.6 Å². The number of pyridine rings is 1. The molecule has 1 unspecified atom stereocenters. The summed E-state index contributed by atoms with van der Waals surface area (Å²) in [6.45, 7) is 3.88. The first kappa shape index (κ1) is 28.5. The zero-order chi connectivity index (χ0) is 29.8. The third-order valence-corrected chi connectivity index (χ3v) is 7.19. The van der Waals surface area contributed by atoms with Crippen molar-refractivity contribution in [3.05, 3.63) is 112 Å². The molecule has 0 saturated carbocycles. The summed E-state index contributed by atoms with van der Waals surface area (Å²) in [6.07, 6.45) is 6.58. The number of aromatic nitrogens is 6. The van der Waals surface area contributed by atoms with Crippen LogP contribution in [0.2, 0.25) is 5.02 Å². The summed E-state index contributed by atoms with van der Waals surface area (Å²) in [4.78, 5) is 39.0. The van der Waals surface area contributed by atoms with Gasteiger partial charge in [-0.15, -0.1) is 10.2 Å². The standard InChI is InChI=1S/C30H29ClN8O3/c1-19(2)39-16-21(5-11-28(39)40)20-4-10-25(31)22(14-20)15-26(36-30(42)27-12-13-34-37(27)3)29(41)35-23-6-8-24(9-7-23)38-17-32-33-18-38/h4-14,16-19,26H,15H2,1-3H3,(H,35,41)(H,36,42). The van der Waals surface area contributed by atoms with E-state index in [1.807, 2.05) is 38.1 Å². The fourth-order valence-electron chi connectivity index (χ4n) is 4.53. The van der Waals surface area contributed by atoms with E-state index in [-0.39, 0.29) is 18.0 Å². The maximum absolute atomic E-state index is 13.6. The van der Waals surface area contributed by atoms with Crippen molar-refractivity contribution >= 4 is 29.1 Å². The van der Waals surface area contributed by atoms with E-state index in [1.54, 1.807) is 65.4 Å². The normalized spacial score (nSPS) is 11.8. The Balaban J connectivity index is 1.43. The maximum atomic E-state index is 13.6. The van der Waals surface area contributed by atoms with Crippen molar-refractivity contribution in [1.29, 1.82) is 0 Å². The van der Waals surface area contributed by atoms with Gasteiger partial charge in [-0.3, -0.25) is 23.6 Å². The number of nitrogens with one attached hydrogen (secondary N) is 2. The van der Waals surface area contributed by atoms with Gasteiger partial charge in [-0.2, -0.15) is 5.10 Å². The summed E-state index contributed by atoms with van der Waals surface area (Å²) in [5, 5.41) is 17.9. The molecule has 42 heavy (non-hydrogen) atoms. The minimum absolute atomic E-state index is 0.00908. The van der Waals surface area contributed by atoms with E-state index in [1.165, 1.54) is 16.9 Å². The zero-order valence-corrected chi connectivity index (χ0v) is 24.0. The van der Waals surface area contributed by atoms with Crippen LogP contribution in [0.5, 0.6) is 0 Å². The van der Waals surface area contributed by atoms with Gasteiger partial charge in [0.2, 0.25) is 5.91 Å². The van der Waals surface area contributed by atoms with Crippen LogP contribution in [0.4, 0.5) is 5.69 Å². The smallest absolute Gasteiger partial charge is 0.270 e. The van der Waals surface area contributed by atoms with Gasteiger partial charge in [0.25, 0.3) is 11.5 Å². The molecule has 0 aliphatic carbocycles. The molecule has 2 amide bonds. The number of carbonyl (C=O) groups excluding carboxylic acids is 2. The third-order valence-electron chi connectivity index (χ3n) is 6.82. The molecule has 0 saturated heterocycles. The minimum atomic E-state index is -0.970. The predicted octanol–water partition coefficient (Wildman–Crippen LogP) is 4.04. The third kappa shape index (κ3) is 6.31. The molecule has 3 heterocycles. The van der Waals surface area contributed by atoms with Crippen molar-refractivity contribution < 1.29 is 9.59 Å². The topological polar surface area (TPSA) is 129 Å². The molecule has 0 aliphatic rings. The predicted molar refractivity (Wildman–Crippen MR) is 160 cm³/mol. The number of benzene rings is 2. The van der Waals surface area contributed by atoms with Gasteiger partial charge in [0.1, 0.15) is 24.4 Å². The van der Waals surface area contributed by atoms with Crippen molar-refractivity contribution in [2.45, 2.75) is 32.4 Å². The molecule has 1 atom stereocenters. The largest absolute Gasteiger partial charge is 0.339 e. The summed E-state index contributed by atoms with van der Waals surface area (Å²) >= 11 is 6.60. The second-order valence-corrected chi connectivity index (χ2v) is 10.4. The lowest BCUT2D eigenvalue weighted by Crippen LogP contribution is -2.45. The Morgan fingerprint density at radius 3 is 2.33 bits per heavy atom. The number of carbonyl (C=O) groups is 2. The lowest BCUT2D eigenvalue weighted by molar-refractivity contribution is -0.118. The summed E-state index contributed by atoms with van der Waals surface area (Å²) in [5.74, 6) is -0.869. The Morgan fingerprint density at radius 2 is 1.67 bits per heavy atom. The Bertz CT molecular complexity index is 1780. The average Bonchev–Trinajstić information content (AvgIpc) is 3.66. The highest BCUT2D eigenvalue weighted by atomic mass is 35.5. The quantitative estimate of drug-likeness (QED) is 0.269. The van der Waals surface area contributed by atoms with Crippen LogP contribution in [0.15, 0.2) is 90.5 Å². The summed E-state index contributed by atoms with van der Waals surface area (Å²) in [6, 6.07) is 16.5. The van der Waals surface area contributed by atoms with E-state index in [0.29, 0.717) is 22.0 Å². The van der Waals surface area contributed by atoms with Crippen molar-refractivity contribution in [2.24, 2.45) is 7.05 Å². The maximum Gasteiger partial charge on any atom is 0.270 e. The van der Waals surface area contributed by atoms with Crippen LogP contribution in [0, 0.1) is 0 Å². The molecule has 214 valence electrons. The molecule has 0 aliphatic heterocycles. The lowest BCUT2D eigenvalue weighted by atomic mass is 9.99. The second kappa shape index (κ2) is 12.2. The monoisotopic (exact) mass is 584 g/mol. The van der Waals surface area contributed by atoms with E-state index in [0.717, 1.165) is 16.8 Å². The Morgan fingerprint density at radius 1 is 0.952 bits per heavy atom. The number of nitrogens with zero attached hydrogens (tertiary/aromatic N) is 6. The molecule has 3 aromatic heterocycles. The number of hydrogen-bond acceptors (Lipinski definition) is 6. The fraction of sp³-hybridized carbons (Fsp3) is 0.200. The molecule has 0 fully saturated rings. The minimum Gasteiger partial charge on any atom is -0.339 e. The fourth-order valence-corrected chi connectivity index (χ4v) is 4.72.